The maximum Gasteiger partial charge on any atom is 0.153 e. The highest BCUT2D eigenvalue weighted by Gasteiger charge is 2.27. The number of aryl methyl sites for hydroxylation is 1. The van der Waals surface area contributed by atoms with E-state index in [0.29, 0.717) is 0 Å². The second-order valence-corrected chi connectivity index (χ2v) is 13.8. The van der Waals surface area contributed by atoms with Gasteiger partial charge in [0.05, 0.1) is 11.2 Å². The van der Waals surface area contributed by atoms with Crippen molar-refractivity contribution in [1.29, 1.82) is 0 Å². The van der Waals surface area contributed by atoms with Crippen molar-refractivity contribution in [2.75, 3.05) is 0 Å². The number of ether oxygens (including phenoxy) is 1. The van der Waals surface area contributed by atoms with Crippen LogP contribution >= 0.6 is 0 Å². The lowest BCUT2D eigenvalue weighted by Crippen LogP contribution is -2.08. The molecule has 1 aliphatic heterocycles. The van der Waals surface area contributed by atoms with Crippen LogP contribution in [0.1, 0.15) is 12.7 Å². The van der Waals surface area contributed by atoms with Crippen molar-refractivity contribution >= 4 is 54.1 Å². The molecule has 10 aromatic rings. The summed E-state index contributed by atoms with van der Waals surface area (Å²) in [6, 6.07) is 59.6. The van der Waals surface area contributed by atoms with Gasteiger partial charge in [0.2, 0.25) is 0 Å². The van der Waals surface area contributed by atoms with Crippen LogP contribution in [-0.4, -0.2) is 9.55 Å². The van der Waals surface area contributed by atoms with Crippen LogP contribution in [0.25, 0.3) is 93.2 Å². The fourth-order valence-electron chi connectivity index (χ4n) is 8.55. The fourth-order valence-corrected chi connectivity index (χ4v) is 8.55. The number of benzene rings is 9. The topological polar surface area (TPSA) is 27.1 Å². The monoisotopic (exact) mass is 664 g/mol. The molecule has 0 bridgehead atoms. The van der Waals surface area contributed by atoms with E-state index >= 15 is 0 Å². The van der Waals surface area contributed by atoms with Gasteiger partial charge in [-0.3, -0.25) is 4.57 Å². The van der Waals surface area contributed by atoms with Gasteiger partial charge >= 0.3 is 0 Å². The molecule has 0 saturated carbocycles. The first-order valence-electron chi connectivity index (χ1n) is 18.0. The molecule has 0 saturated heterocycles. The summed E-state index contributed by atoms with van der Waals surface area (Å²) in [6.07, 6.45) is 0.812. The van der Waals surface area contributed by atoms with Crippen LogP contribution in [0.2, 0.25) is 0 Å². The minimum atomic E-state index is 0.812. The predicted molar refractivity (Wildman–Crippen MR) is 217 cm³/mol. The summed E-state index contributed by atoms with van der Waals surface area (Å²) in [5.41, 5.74) is 10.2. The third kappa shape index (κ3) is 4.23. The summed E-state index contributed by atoms with van der Waals surface area (Å²) >= 11 is 0. The highest BCUT2D eigenvalue weighted by Crippen LogP contribution is 2.49. The van der Waals surface area contributed by atoms with Gasteiger partial charge in [-0.15, -0.1) is 0 Å². The summed E-state index contributed by atoms with van der Waals surface area (Å²) in [6.45, 7) is 2.17. The Labute approximate surface area is 301 Å². The number of hydrogen-bond acceptors (Lipinski definition) is 2. The molecule has 52 heavy (non-hydrogen) atoms. The Hall–Kier alpha value is -6.71. The molecule has 0 atom stereocenters. The van der Waals surface area contributed by atoms with Crippen molar-refractivity contribution in [3.8, 4) is 50.6 Å². The summed E-state index contributed by atoms with van der Waals surface area (Å²) in [4.78, 5) is 5.05. The molecule has 1 aromatic heterocycles. The third-order valence-corrected chi connectivity index (χ3v) is 10.9. The summed E-state index contributed by atoms with van der Waals surface area (Å²) in [7, 11) is 0. The van der Waals surface area contributed by atoms with Gasteiger partial charge < -0.3 is 4.74 Å². The smallest absolute Gasteiger partial charge is 0.153 e. The Morgan fingerprint density at radius 2 is 1.06 bits per heavy atom. The molecule has 9 aromatic carbocycles. The summed E-state index contributed by atoms with van der Waals surface area (Å²) < 4.78 is 8.93. The number of aromatic nitrogens is 2. The average molecular weight is 665 g/mol. The van der Waals surface area contributed by atoms with Crippen molar-refractivity contribution in [2.45, 2.75) is 13.3 Å². The number of hydrogen-bond donors (Lipinski definition) is 0. The van der Waals surface area contributed by atoms with E-state index in [1.807, 2.05) is 12.1 Å². The molecule has 3 heteroatoms. The van der Waals surface area contributed by atoms with E-state index < -0.39 is 0 Å². The average Bonchev–Trinajstić information content (AvgIpc) is 3.59. The second kappa shape index (κ2) is 11.1. The lowest BCUT2D eigenvalue weighted by atomic mass is 9.84. The quantitative estimate of drug-likeness (QED) is 0.175. The molecule has 244 valence electrons. The number of rotatable bonds is 4. The van der Waals surface area contributed by atoms with Gasteiger partial charge in [-0.1, -0.05) is 134 Å². The molecular weight excluding hydrogens is 633 g/mol. The molecule has 0 amide bonds. The lowest BCUT2D eigenvalue weighted by Gasteiger charge is -2.24. The Kier molecular flexibility index (Phi) is 6.23. The van der Waals surface area contributed by atoms with E-state index in [2.05, 4.69) is 163 Å². The molecule has 0 N–H and O–H groups in total. The molecule has 2 heterocycles. The van der Waals surface area contributed by atoms with Gasteiger partial charge in [0.15, 0.2) is 11.5 Å². The molecule has 0 aliphatic carbocycles. The standard InChI is InChI=1S/C49H32N2O/c1-2-45-50-42-18-10-20-44-49(42)51(45)48-37(17-9-19-43(48)52-44)34-25-26-40-41(29-34)47(36-24-22-31-12-4-6-14-33(31)28-36)39-16-8-7-15-38(39)46(40)35-23-21-30-11-3-5-13-32(30)27-35/h3-29H,2H2,1H3. The van der Waals surface area contributed by atoms with Crippen LogP contribution in [0.15, 0.2) is 164 Å². The van der Waals surface area contributed by atoms with Gasteiger partial charge in [0, 0.05) is 12.0 Å². The van der Waals surface area contributed by atoms with E-state index in [4.69, 9.17) is 9.72 Å². The summed E-state index contributed by atoms with van der Waals surface area (Å²) in [5, 5.41) is 9.88. The van der Waals surface area contributed by atoms with Crippen LogP contribution in [-0.2, 0) is 6.42 Å². The van der Waals surface area contributed by atoms with Crippen molar-refractivity contribution in [3.05, 3.63) is 170 Å². The number of imidazole rings is 1. The zero-order valence-electron chi connectivity index (χ0n) is 28.6. The highest BCUT2D eigenvalue weighted by molar-refractivity contribution is 6.22. The van der Waals surface area contributed by atoms with Crippen LogP contribution in [0.3, 0.4) is 0 Å². The predicted octanol–water partition coefficient (Wildman–Crippen LogP) is 13.3. The van der Waals surface area contributed by atoms with Crippen LogP contribution < -0.4 is 4.74 Å². The number of para-hydroxylation sites is 2. The van der Waals surface area contributed by atoms with Gasteiger partial charge in [0.1, 0.15) is 11.3 Å². The summed E-state index contributed by atoms with van der Waals surface area (Å²) in [5.74, 6) is 2.72. The van der Waals surface area contributed by atoms with E-state index in [1.165, 1.54) is 65.3 Å². The molecule has 3 nitrogen and oxygen atoms in total. The fraction of sp³-hybridized carbons (Fsp3) is 0.0408. The van der Waals surface area contributed by atoms with Gasteiger partial charge in [0.25, 0.3) is 0 Å². The first kappa shape index (κ1) is 29.1. The molecule has 0 radical (unpaired) electrons. The molecular formula is C49H32N2O. The van der Waals surface area contributed by atoms with Gasteiger partial charge in [-0.25, -0.2) is 4.98 Å². The maximum absolute atomic E-state index is 6.60. The first-order chi connectivity index (χ1) is 25.7. The second-order valence-electron chi connectivity index (χ2n) is 13.8. The van der Waals surface area contributed by atoms with E-state index in [1.54, 1.807) is 0 Å². The normalized spacial score (nSPS) is 12.2. The SMILES string of the molecule is CCc1nc2cccc3c2n1-c1c(cccc1-c1ccc2c(-c4ccc5ccccc5c4)c4ccccc4c(-c4ccc5ccccc5c4)c2c1)O3. The lowest BCUT2D eigenvalue weighted by molar-refractivity contribution is 0.474. The van der Waals surface area contributed by atoms with Crippen molar-refractivity contribution in [1.82, 2.24) is 9.55 Å². The number of nitrogens with zero attached hydrogens (tertiary/aromatic N) is 2. The molecule has 0 spiro atoms. The molecule has 11 rings (SSSR count). The highest BCUT2D eigenvalue weighted by atomic mass is 16.5. The van der Waals surface area contributed by atoms with E-state index in [-0.39, 0.29) is 0 Å². The minimum Gasteiger partial charge on any atom is -0.453 e. The van der Waals surface area contributed by atoms with E-state index in [0.717, 1.165) is 51.6 Å². The third-order valence-electron chi connectivity index (χ3n) is 10.9. The van der Waals surface area contributed by atoms with Crippen molar-refractivity contribution < 1.29 is 4.74 Å². The van der Waals surface area contributed by atoms with Crippen molar-refractivity contribution in [2.24, 2.45) is 0 Å². The van der Waals surface area contributed by atoms with Crippen LogP contribution in [0.5, 0.6) is 11.5 Å². The molecule has 1 aliphatic rings. The largest absolute Gasteiger partial charge is 0.453 e. The Morgan fingerprint density at radius 3 is 1.75 bits per heavy atom. The maximum atomic E-state index is 6.60. The zero-order valence-corrected chi connectivity index (χ0v) is 28.6. The zero-order chi connectivity index (χ0) is 34.3. The first-order valence-corrected chi connectivity index (χ1v) is 18.0. The Morgan fingerprint density at radius 1 is 0.481 bits per heavy atom. The van der Waals surface area contributed by atoms with Gasteiger partial charge in [-0.2, -0.15) is 0 Å². The van der Waals surface area contributed by atoms with Gasteiger partial charge in [-0.05, 0) is 107 Å². The van der Waals surface area contributed by atoms with Crippen LogP contribution in [0, 0.1) is 0 Å². The van der Waals surface area contributed by atoms with E-state index in [9.17, 15) is 0 Å². The molecule has 0 fully saturated rings. The molecule has 0 unspecified atom stereocenters. The Balaban J connectivity index is 1.25. The Bertz CT molecular complexity index is 3100. The number of fused-ring (bicyclic) bond motifs is 6. The van der Waals surface area contributed by atoms with Crippen molar-refractivity contribution in [3.63, 3.8) is 0 Å². The van der Waals surface area contributed by atoms with Crippen LogP contribution in [0.4, 0.5) is 0 Å². The minimum absolute atomic E-state index is 0.812.